The normalized spacial score (nSPS) is 13.5. The number of benzene rings is 1. The lowest BCUT2D eigenvalue weighted by molar-refractivity contribution is -0.141. The maximum absolute atomic E-state index is 12.8. The lowest BCUT2D eigenvalue weighted by Crippen LogP contribution is -2.35. The summed E-state index contributed by atoms with van der Waals surface area (Å²) in [4.78, 5) is 38.5. The molecule has 3 N–H and O–H groups in total. The second-order valence-electron chi connectivity index (χ2n) is 6.99. The van der Waals surface area contributed by atoms with E-state index >= 15 is 0 Å². The number of rotatable bonds is 10. The molecule has 0 spiro atoms. The van der Waals surface area contributed by atoms with Gasteiger partial charge in [-0.2, -0.15) is 0 Å². The number of piperidine rings is 1. The van der Waals surface area contributed by atoms with Gasteiger partial charge in [0.25, 0.3) is 5.91 Å². The fourth-order valence-corrected chi connectivity index (χ4v) is 3.26. The predicted octanol–water partition coefficient (Wildman–Crippen LogP) is 2.13. The summed E-state index contributed by atoms with van der Waals surface area (Å²) in [5.74, 6) is -0.702. The number of methoxy groups -OCH3 is 1. The number of nitrogens with zero attached hydrogens (tertiary/aromatic N) is 1. The van der Waals surface area contributed by atoms with Crippen molar-refractivity contribution in [1.82, 2.24) is 10.6 Å². The average Bonchev–Trinajstić information content (AvgIpc) is 2.76. The molecular weight excluding hydrogens is 388 g/mol. The number of carbonyl (C=O) groups excluding carboxylic acids is 3. The Labute approximate surface area is 177 Å². The average molecular weight is 421 g/mol. The minimum atomic E-state index is -0.541. The Balaban J connectivity index is 2.09. The molecule has 1 aliphatic heterocycles. The van der Waals surface area contributed by atoms with Gasteiger partial charge in [-0.05, 0) is 50.8 Å². The summed E-state index contributed by atoms with van der Waals surface area (Å²) in [5, 5.41) is 8.02. The van der Waals surface area contributed by atoms with Crippen LogP contribution in [0.4, 0.5) is 16.2 Å². The molecule has 0 saturated carbocycles. The Morgan fingerprint density at radius 1 is 1.10 bits per heavy atom. The maximum Gasteiger partial charge on any atom is 0.325 e. The first-order valence-corrected chi connectivity index (χ1v) is 10.4. The van der Waals surface area contributed by atoms with Crippen LogP contribution >= 0.6 is 0 Å². The Morgan fingerprint density at radius 3 is 2.57 bits per heavy atom. The molecule has 0 bridgehead atoms. The van der Waals surface area contributed by atoms with Crippen LogP contribution in [0.5, 0.6) is 0 Å². The number of ether oxygens (including phenoxy) is 2. The second-order valence-corrected chi connectivity index (χ2v) is 6.99. The SMILES string of the molecule is CCOC(=O)CNC(=O)Nc1ccc(N2CCCCC2)c(C(=O)NCCCOC)c1. The van der Waals surface area contributed by atoms with E-state index in [9.17, 15) is 14.4 Å². The molecule has 9 heteroatoms. The summed E-state index contributed by atoms with van der Waals surface area (Å²) in [7, 11) is 1.62. The van der Waals surface area contributed by atoms with Crippen molar-refractivity contribution in [2.45, 2.75) is 32.6 Å². The zero-order chi connectivity index (χ0) is 21.8. The summed E-state index contributed by atoms with van der Waals surface area (Å²) in [6.45, 7) is 4.60. The van der Waals surface area contributed by atoms with Gasteiger partial charge in [-0.25, -0.2) is 4.79 Å². The van der Waals surface area contributed by atoms with E-state index in [1.807, 2.05) is 6.07 Å². The smallest absolute Gasteiger partial charge is 0.325 e. The van der Waals surface area contributed by atoms with Crippen LogP contribution in [0.15, 0.2) is 18.2 Å². The van der Waals surface area contributed by atoms with E-state index in [0.717, 1.165) is 38.0 Å². The van der Waals surface area contributed by atoms with Crippen LogP contribution in [0.25, 0.3) is 0 Å². The van der Waals surface area contributed by atoms with Gasteiger partial charge in [0, 0.05) is 44.7 Å². The van der Waals surface area contributed by atoms with Gasteiger partial charge < -0.3 is 30.3 Å². The fraction of sp³-hybridized carbons (Fsp3) is 0.571. The highest BCUT2D eigenvalue weighted by atomic mass is 16.5. The van der Waals surface area contributed by atoms with Gasteiger partial charge in [0.2, 0.25) is 0 Å². The molecule has 166 valence electrons. The third-order valence-electron chi connectivity index (χ3n) is 4.71. The minimum Gasteiger partial charge on any atom is -0.465 e. The Morgan fingerprint density at radius 2 is 1.87 bits per heavy atom. The first-order chi connectivity index (χ1) is 14.5. The van der Waals surface area contributed by atoms with Crippen LogP contribution < -0.4 is 20.9 Å². The van der Waals surface area contributed by atoms with Gasteiger partial charge in [0.05, 0.1) is 12.2 Å². The van der Waals surface area contributed by atoms with Crippen LogP contribution in [-0.2, 0) is 14.3 Å². The van der Waals surface area contributed by atoms with Crippen LogP contribution in [-0.4, -0.2) is 64.4 Å². The quantitative estimate of drug-likeness (QED) is 0.395. The maximum atomic E-state index is 12.8. The number of urea groups is 1. The van der Waals surface area contributed by atoms with Crippen molar-refractivity contribution in [2.75, 3.05) is 56.7 Å². The third kappa shape index (κ3) is 7.55. The molecular formula is C21H32N4O5. The molecule has 30 heavy (non-hydrogen) atoms. The summed E-state index contributed by atoms with van der Waals surface area (Å²) in [6, 6.07) is 4.74. The molecule has 3 amide bonds. The molecule has 0 atom stereocenters. The van der Waals surface area contributed by atoms with Crippen molar-refractivity contribution < 1.29 is 23.9 Å². The van der Waals surface area contributed by atoms with E-state index in [1.54, 1.807) is 26.2 Å². The van der Waals surface area contributed by atoms with E-state index < -0.39 is 12.0 Å². The molecule has 1 fully saturated rings. The van der Waals surface area contributed by atoms with Crippen molar-refractivity contribution in [3.63, 3.8) is 0 Å². The van der Waals surface area contributed by atoms with E-state index in [-0.39, 0.29) is 19.1 Å². The highest BCUT2D eigenvalue weighted by Crippen LogP contribution is 2.27. The van der Waals surface area contributed by atoms with E-state index in [2.05, 4.69) is 20.9 Å². The van der Waals surface area contributed by atoms with Gasteiger partial charge in [-0.1, -0.05) is 0 Å². The van der Waals surface area contributed by atoms with E-state index in [0.29, 0.717) is 24.4 Å². The van der Waals surface area contributed by atoms with Crippen molar-refractivity contribution in [1.29, 1.82) is 0 Å². The Kier molecular flexibility index (Phi) is 9.93. The zero-order valence-corrected chi connectivity index (χ0v) is 17.8. The van der Waals surface area contributed by atoms with Gasteiger partial charge >= 0.3 is 12.0 Å². The first kappa shape index (κ1) is 23.5. The molecule has 0 aliphatic carbocycles. The zero-order valence-electron chi connectivity index (χ0n) is 17.8. The number of amides is 3. The van der Waals surface area contributed by atoms with Crippen molar-refractivity contribution in [2.24, 2.45) is 0 Å². The highest BCUT2D eigenvalue weighted by Gasteiger charge is 2.19. The Hall–Kier alpha value is -2.81. The molecule has 9 nitrogen and oxygen atoms in total. The number of esters is 1. The molecule has 1 heterocycles. The van der Waals surface area contributed by atoms with Gasteiger partial charge in [-0.15, -0.1) is 0 Å². The molecule has 1 aromatic carbocycles. The molecule has 0 aromatic heterocycles. The van der Waals surface area contributed by atoms with E-state index in [1.165, 1.54) is 6.42 Å². The molecule has 1 saturated heterocycles. The molecule has 1 aromatic rings. The summed E-state index contributed by atoms with van der Waals surface area (Å²) < 4.78 is 9.80. The van der Waals surface area contributed by atoms with Gasteiger partial charge in [-0.3, -0.25) is 9.59 Å². The number of hydrogen-bond donors (Lipinski definition) is 3. The number of nitrogens with one attached hydrogen (secondary N) is 3. The van der Waals surface area contributed by atoms with Crippen LogP contribution in [0.3, 0.4) is 0 Å². The third-order valence-corrected chi connectivity index (χ3v) is 4.71. The van der Waals surface area contributed by atoms with Crippen molar-refractivity contribution in [3.8, 4) is 0 Å². The molecule has 1 aliphatic rings. The lowest BCUT2D eigenvalue weighted by Gasteiger charge is -2.30. The largest absolute Gasteiger partial charge is 0.465 e. The van der Waals surface area contributed by atoms with Crippen LogP contribution in [0.2, 0.25) is 0 Å². The van der Waals surface area contributed by atoms with Crippen molar-refractivity contribution >= 4 is 29.3 Å². The van der Waals surface area contributed by atoms with Crippen LogP contribution in [0, 0.1) is 0 Å². The summed E-state index contributed by atoms with van der Waals surface area (Å²) in [6.07, 6.45) is 4.08. The van der Waals surface area contributed by atoms with Gasteiger partial charge in [0.15, 0.2) is 0 Å². The lowest BCUT2D eigenvalue weighted by atomic mass is 10.1. The molecule has 0 unspecified atom stereocenters. The second kappa shape index (κ2) is 12.7. The minimum absolute atomic E-state index is 0.192. The monoisotopic (exact) mass is 420 g/mol. The summed E-state index contributed by atoms with van der Waals surface area (Å²) in [5.41, 5.74) is 1.84. The van der Waals surface area contributed by atoms with Gasteiger partial charge in [0.1, 0.15) is 6.54 Å². The molecule has 2 rings (SSSR count). The Bertz CT molecular complexity index is 719. The molecule has 0 radical (unpaired) electrons. The predicted molar refractivity (Wildman–Crippen MR) is 115 cm³/mol. The highest BCUT2D eigenvalue weighted by molar-refractivity contribution is 6.02. The fourth-order valence-electron chi connectivity index (χ4n) is 3.26. The number of hydrogen-bond acceptors (Lipinski definition) is 6. The first-order valence-electron chi connectivity index (χ1n) is 10.4. The van der Waals surface area contributed by atoms with E-state index in [4.69, 9.17) is 9.47 Å². The number of carbonyl (C=O) groups is 3. The topological polar surface area (TPSA) is 109 Å². The van der Waals surface area contributed by atoms with Crippen LogP contribution in [0.1, 0.15) is 43.0 Å². The van der Waals surface area contributed by atoms with Crippen molar-refractivity contribution in [3.05, 3.63) is 23.8 Å². The summed E-state index contributed by atoms with van der Waals surface area (Å²) >= 11 is 0. The number of anilines is 2. The standard InChI is InChI=1S/C21H32N4O5/c1-3-30-19(26)15-23-21(28)24-16-8-9-18(25-11-5-4-6-12-25)17(14-16)20(27)22-10-7-13-29-2/h8-9,14H,3-7,10-13,15H2,1-2H3,(H,22,27)(H2,23,24,28).